The molecule has 3 heteroatoms. The zero-order chi connectivity index (χ0) is 11.4. The Labute approximate surface area is 109 Å². The lowest BCUT2D eigenvalue weighted by Crippen LogP contribution is -2.16. The molecule has 0 radical (unpaired) electrons. The molecule has 0 bridgehead atoms. The monoisotopic (exact) mass is 253 g/mol. The van der Waals surface area contributed by atoms with E-state index in [9.17, 15) is 0 Å². The molecule has 0 aliphatic heterocycles. The van der Waals surface area contributed by atoms with Gasteiger partial charge in [-0.2, -0.15) is 0 Å². The average molecular weight is 254 g/mol. The first-order valence-corrected chi connectivity index (χ1v) is 5.85. The zero-order valence-electron chi connectivity index (χ0n) is 10.2. The molecule has 1 aliphatic carbocycles. The second-order valence-electron chi connectivity index (χ2n) is 4.45. The maximum atomic E-state index is 5.49. The van der Waals surface area contributed by atoms with Crippen LogP contribution >= 0.6 is 12.4 Å². The second-order valence-corrected chi connectivity index (χ2v) is 4.45. The van der Waals surface area contributed by atoms with Gasteiger partial charge in [0.2, 0.25) is 0 Å². The minimum Gasteiger partial charge on any atom is -0.490 e. The second kappa shape index (κ2) is 6.67. The Kier molecular flexibility index (Phi) is 5.52. The number of halogens is 1. The van der Waals surface area contributed by atoms with Crippen molar-refractivity contribution in [3.8, 4) is 5.75 Å². The third kappa shape index (κ3) is 4.41. The molecule has 0 amide bonds. The summed E-state index contributed by atoms with van der Waals surface area (Å²) in [5.74, 6) is 1.77. The molecule has 1 aromatic carbocycles. The maximum Gasteiger partial charge on any atom is 0.120 e. The highest BCUT2D eigenvalue weighted by atomic mass is 35.5. The molecule has 0 heterocycles. The van der Waals surface area contributed by atoms with Gasteiger partial charge in [0.1, 0.15) is 12.4 Å². The van der Waals surface area contributed by atoms with Crippen molar-refractivity contribution in [1.82, 2.24) is 5.32 Å². The van der Waals surface area contributed by atoms with Crippen LogP contribution in [0.3, 0.4) is 0 Å². The van der Waals surface area contributed by atoms with Gasteiger partial charge in [-0.3, -0.25) is 0 Å². The van der Waals surface area contributed by atoms with E-state index in [2.05, 4.69) is 31.0 Å². The summed E-state index contributed by atoms with van der Waals surface area (Å²) in [4.78, 5) is 0. The molecule has 2 nitrogen and oxygen atoms in total. The van der Waals surface area contributed by atoms with Crippen LogP contribution in [0.2, 0.25) is 0 Å². The number of hydrogen-bond acceptors (Lipinski definition) is 2. The standard InChI is InChI=1S/C14H19NO.ClH/c1-3-7-16-13-6-4-5-12(9-13)10-15-14-8-11(14)2;/h3-6,9,11,14-15H,1,7-8,10H2,2H3;1H. The Morgan fingerprint density at radius 3 is 2.94 bits per heavy atom. The highest BCUT2D eigenvalue weighted by molar-refractivity contribution is 5.85. The van der Waals surface area contributed by atoms with E-state index in [1.165, 1.54) is 12.0 Å². The third-order valence-corrected chi connectivity index (χ3v) is 2.94. The van der Waals surface area contributed by atoms with Crippen molar-refractivity contribution in [1.29, 1.82) is 0 Å². The lowest BCUT2D eigenvalue weighted by molar-refractivity contribution is 0.362. The molecule has 1 aromatic rings. The number of rotatable bonds is 6. The van der Waals surface area contributed by atoms with Crippen LogP contribution in [0.15, 0.2) is 36.9 Å². The van der Waals surface area contributed by atoms with Crippen molar-refractivity contribution in [3.63, 3.8) is 0 Å². The van der Waals surface area contributed by atoms with Crippen LogP contribution in [-0.2, 0) is 6.54 Å². The molecule has 2 atom stereocenters. The molecule has 2 rings (SSSR count). The molecular weight excluding hydrogens is 234 g/mol. The highest BCUT2D eigenvalue weighted by Gasteiger charge is 2.31. The number of hydrogen-bond donors (Lipinski definition) is 1. The maximum absolute atomic E-state index is 5.49. The summed E-state index contributed by atoms with van der Waals surface area (Å²) in [6.45, 7) is 7.41. The minimum absolute atomic E-state index is 0. The Morgan fingerprint density at radius 1 is 1.53 bits per heavy atom. The molecule has 1 N–H and O–H groups in total. The zero-order valence-corrected chi connectivity index (χ0v) is 11.0. The molecule has 0 aromatic heterocycles. The SMILES string of the molecule is C=CCOc1cccc(CNC2CC2C)c1.Cl. The van der Waals surface area contributed by atoms with E-state index in [0.717, 1.165) is 24.3 Å². The fourth-order valence-electron chi connectivity index (χ4n) is 1.76. The number of nitrogens with one attached hydrogen (secondary N) is 1. The number of benzene rings is 1. The van der Waals surface area contributed by atoms with Crippen LogP contribution in [-0.4, -0.2) is 12.6 Å². The largest absolute Gasteiger partial charge is 0.490 e. The summed E-state index contributed by atoms with van der Waals surface area (Å²) < 4.78 is 5.49. The fraction of sp³-hybridized carbons (Fsp3) is 0.429. The summed E-state index contributed by atoms with van der Waals surface area (Å²) in [6.07, 6.45) is 3.07. The quantitative estimate of drug-likeness (QED) is 0.787. The molecule has 1 saturated carbocycles. The van der Waals surface area contributed by atoms with Crippen molar-refractivity contribution < 1.29 is 4.74 Å². The lowest BCUT2D eigenvalue weighted by atomic mass is 10.2. The lowest BCUT2D eigenvalue weighted by Gasteiger charge is -2.07. The Balaban J connectivity index is 0.00000144. The van der Waals surface area contributed by atoms with Crippen molar-refractivity contribution in [2.45, 2.75) is 25.9 Å². The van der Waals surface area contributed by atoms with Gasteiger partial charge in [-0.15, -0.1) is 12.4 Å². The van der Waals surface area contributed by atoms with Crippen LogP contribution in [0.4, 0.5) is 0 Å². The molecule has 0 spiro atoms. The van der Waals surface area contributed by atoms with Crippen LogP contribution < -0.4 is 10.1 Å². The molecule has 1 aliphatic rings. The van der Waals surface area contributed by atoms with Gasteiger partial charge in [0, 0.05) is 12.6 Å². The molecule has 0 saturated heterocycles. The third-order valence-electron chi connectivity index (χ3n) is 2.94. The van der Waals surface area contributed by atoms with E-state index in [-0.39, 0.29) is 12.4 Å². The average Bonchev–Trinajstić information content (AvgIpc) is 3.01. The summed E-state index contributed by atoms with van der Waals surface area (Å²) in [7, 11) is 0. The van der Waals surface area contributed by atoms with Crippen molar-refractivity contribution >= 4 is 12.4 Å². The van der Waals surface area contributed by atoms with Crippen LogP contribution in [0.5, 0.6) is 5.75 Å². The molecule has 17 heavy (non-hydrogen) atoms. The first-order chi connectivity index (χ1) is 7.79. The summed E-state index contributed by atoms with van der Waals surface area (Å²) >= 11 is 0. The molecular formula is C14H20ClNO. The van der Waals surface area contributed by atoms with E-state index in [0.29, 0.717) is 6.61 Å². The Bertz CT molecular complexity index is 367. The van der Waals surface area contributed by atoms with Gasteiger partial charge >= 0.3 is 0 Å². The first kappa shape index (κ1) is 14.1. The van der Waals surface area contributed by atoms with Gasteiger partial charge in [0.05, 0.1) is 0 Å². The van der Waals surface area contributed by atoms with E-state index < -0.39 is 0 Å². The van der Waals surface area contributed by atoms with Crippen LogP contribution in [0, 0.1) is 5.92 Å². The number of ether oxygens (including phenoxy) is 1. The van der Waals surface area contributed by atoms with Crippen molar-refractivity contribution in [2.24, 2.45) is 5.92 Å². The van der Waals surface area contributed by atoms with Crippen LogP contribution in [0.25, 0.3) is 0 Å². The summed E-state index contributed by atoms with van der Waals surface area (Å²) in [5, 5.41) is 3.53. The highest BCUT2D eigenvalue weighted by Crippen LogP contribution is 2.29. The first-order valence-electron chi connectivity index (χ1n) is 5.85. The Morgan fingerprint density at radius 2 is 2.29 bits per heavy atom. The van der Waals surface area contributed by atoms with Crippen LogP contribution in [0.1, 0.15) is 18.9 Å². The van der Waals surface area contributed by atoms with E-state index >= 15 is 0 Å². The predicted molar refractivity (Wildman–Crippen MR) is 73.8 cm³/mol. The van der Waals surface area contributed by atoms with Gasteiger partial charge in [0.15, 0.2) is 0 Å². The van der Waals surface area contributed by atoms with Crippen molar-refractivity contribution in [2.75, 3.05) is 6.61 Å². The topological polar surface area (TPSA) is 21.3 Å². The summed E-state index contributed by atoms with van der Waals surface area (Å²) in [6, 6.07) is 8.95. The van der Waals surface area contributed by atoms with Gasteiger partial charge in [-0.25, -0.2) is 0 Å². The smallest absolute Gasteiger partial charge is 0.120 e. The summed E-state index contributed by atoms with van der Waals surface area (Å²) in [5.41, 5.74) is 1.28. The molecule has 2 unspecified atom stereocenters. The van der Waals surface area contributed by atoms with E-state index in [1.807, 2.05) is 12.1 Å². The normalized spacial score (nSPS) is 21.5. The van der Waals surface area contributed by atoms with E-state index in [4.69, 9.17) is 4.74 Å². The fourth-order valence-corrected chi connectivity index (χ4v) is 1.76. The van der Waals surface area contributed by atoms with Gasteiger partial charge < -0.3 is 10.1 Å². The van der Waals surface area contributed by atoms with Gasteiger partial charge in [-0.05, 0) is 30.0 Å². The van der Waals surface area contributed by atoms with E-state index in [1.54, 1.807) is 6.08 Å². The van der Waals surface area contributed by atoms with Gasteiger partial charge in [-0.1, -0.05) is 31.7 Å². The van der Waals surface area contributed by atoms with Gasteiger partial charge in [0.25, 0.3) is 0 Å². The minimum atomic E-state index is 0. The van der Waals surface area contributed by atoms with Crippen molar-refractivity contribution in [3.05, 3.63) is 42.5 Å². The Hall–Kier alpha value is -0.990. The molecule has 1 fully saturated rings. The molecule has 94 valence electrons. The predicted octanol–water partition coefficient (Wildman–Crippen LogP) is 3.17.